The minimum Gasteiger partial charge on any atom is -0.349 e. The van der Waals surface area contributed by atoms with E-state index in [0.717, 1.165) is 36.9 Å². The lowest BCUT2D eigenvalue weighted by Crippen LogP contribution is -2.36. The summed E-state index contributed by atoms with van der Waals surface area (Å²) in [5.74, 6) is 0.494. The molecule has 178 valence electrons. The molecule has 1 aliphatic carbocycles. The lowest BCUT2D eigenvalue weighted by Gasteiger charge is -2.22. The number of aromatic nitrogens is 2. The van der Waals surface area contributed by atoms with Gasteiger partial charge in [0, 0.05) is 22.4 Å². The summed E-state index contributed by atoms with van der Waals surface area (Å²) in [6, 6.07) is 22.5. The van der Waals surface area contributed by atoms with Crippen LogP contribution in [0, 0.1) is 0 Å². The molecular weight excluding hydrogens is 478 g/mol. The molecule has 0 saturated heterocycles. The number of rotatable bonds is 6. The Morgan fingerprint density at radius 2 is 1.80 bits per heavy atom. The first-order valence-corrected chi connectivity index (χ1v) is 13.3. The Morgan fingerprint density at radius 1 is 1.00 bits per heavy atom. The Bertz CT molecular complexity index is 1420. The fraction of sp³-hybridized carbons (Fsp3) is 0.250. The number of amides is 1. The van der Waals surface area contributed by atoms with E-state index in [1.807, 2.05) is 54.6 Å². The van der Waals surface area contributed by atoms with Gasteiger partial charge in [-0.2, -0.15) is 0 Å². The summed E-state index contributed by atoms with van der Waals surface area (Å²) in [4.78, 5) is 31.4. The second-order valence-corrected chi connectivity index (χ2v) is 10.2. The third-order valence-electron chi connectivity index (χ3n) is 6.31. The van der Waals surface area contributed by atoms with Gasteiger partial charge in [-0.25, -0.2) is 4.98 Å². The number of carbonyl (C=O) groups excluding carboxylic acids is 1. The van der Waals surface area contributed by atoms with Gasteiger partial charge in [0.2, 0.25) is 0 Å². The van der Waals surface area contributed by atoms with Crippen LogP contribution in [0.1, 0.15) is 48.0 Å². The number of nitrogens with zero attached hydrogens (tertiary/aromatic N) is 2. The van der Waals surface area contributed by atoms with Crippen molar-refractivity contribution in [2.75, 3.05) is 0 Å². The van der Waals surface area contributed by atoms with E-state index in [-0.39, 0.29) is 17.5 Å². The lowest BCUT2D eigenvalue weighted by atomic mass is 9.95. The predicted octanol–water partition coefficient (Wildman–Crippen LogP) is 6.39. The molecule has 1 N–H and O–H groups in total. The summed E-state index contributed by atoms with van der Waals surface area (Å²) in [5.41, 5.74) is 2.68. The zero-order valence-corrected chi connectivity index (χ0v) is 20.8. The van der Waals surface area contributed by atoms with Gasteiger partial charge in [0.25, 0.3) is 11.5 Å². The van der Waals surface area contributed by atoms with Gasteiger partial charge in [0.1, 0.15) is 0 Å². The number of hydrogen-bond donors (Lipinski definition) is 1. The highest BCUT2D eigenvalue weighted by molar-refractivity contribution is 7.98. The molecule has 0 radical (unpaired) electrons. The Labute approximate surface area is 213 Å². The van der Waals surface area contributed by atoms with E-state index in [9.17, 15) is 9.59 Å². The first-order valence-electron chi connectivity index (χ1n) is 11.9. The van der Waals surface area contributed by atoms with Crippen molar-refractivity contribution in [3.8, 4) is 5.69 Å². The van der Waals surface area contributed by atoms with Crippen LogP contribution in [0.2, 0.25) is 5.02 Å². The van der Waals surface area contributed by atoms with Crippen molar-refractivity contribution in [2.45, 2.75) is 49.1 Å². The van der Waals surface area contributed by atoms with Crippen LogP contribution in [0.25, 0.3) is 16.6 Å². The average molecular weight is 504 g/mol. The first-order chi connectivity index (χ1) is 17.1. The maximum atomic E-state index is 13.6. The summed E-state index contributed by atoms with van der Waals surface area (Å²) < 4.78 is 1.64. The highest BCUT2D eigenvalue weighted by Crippen LogP contribution is 2.26. The van der Waals surface area contributed by atoms with Crippen molar-refractivity contribution in [2.24, 2.45) is 0 Å². The van der Waals surface area contributed by atoms with Gasteiger partial charge in [-0.3, -0.25) is 14.2 Å². The van der Waals surface area contributed by atoms with E-state index in [2.05, 4.69) is 5.32 Å². The van der Waals surface area contributed by atoms with E-state index in [4.69, 9.17) is 16.6 Å². The number of nitrogens with one attached hydrogen (secondary N) is 1. The second kappa shape index (κ2) is 10.7. The van der Waals surface area contributed by atoms with Crippen LogP contribution in [0.3, 0.4) is 0 Å². The number of para-hydroxylation sites is 1. The average Bonchev–Trinajstić information content (AvgIpc) is 2.88. The molecule has 0 aliphatic heterocycles. The maximum Gasteiger partial charge on any atom is 0.266 e. The minimum absolute atomic E-state index is 0.110. The Kier molecular flexibility index (Phi) is 7.21. The molecular formula is C28H26ClN3O2S. The minimum atomic E-state index is -0.158. The van der Waals surface area contributed by atoms with Crippen molar-refractivity contribution in [3.63, 3.8) is 0 Å². The standard InChI is InChI=1S/C28H26ClN3O2S/c29-21-9-7-8-19(16-21)18-35-28-31-25-17-20(26(33)30-22-10-3-1-4-11-22)14-15-24(25)27(34)32(28)23-12-5-2-6-13-23/h2,5-9,12-17,22H,1,3-4,10-11,18H2,(H,30,33). The molecule has 35 heavy (non-hydrogen) atoms. The van der Waals surface area contributed by atoms with Gasteiger partial charge in [-0.15, -0.1) is 0 Å². The van der Waals surface area contributed by atoms with Crippen LogP contribution in [-0.2, 0) is 5.75 Å². The quantitative estimate of drug-likeness (QED) is 0.244. The van der Waals surface area contributed by atoms with Crippen molar-refractivity contribution in [1.29, 1.82) is 0 Å². The largest absolute Gasteiger partial charge is 0.349 e. The highest BCUT2D eigenvalue weighted by Gasteiger charge is 2.19. The molecule has 0 atom stereocenters. The SMILES string of the molecule is O=C(NC1CCCCC1)c1ccc2c(=O)n(-c3ccccc3)c(SCc3cccc(Cl)c3)nc2c1. The molecule has 1 heterocycles. The molecule has 7 heteroatoms. The van der Waals surface area contributed by atoms with Crippen molar-refractivity contribution >= 4 is 40.2 Å². The van der Waals surface area contributed by atoms with Gasteiger partial charge in [0.05, 0.1) is 16.6 Å². The molecule has 1 amide bonds. The number of hydrogen-bond acceptors (Lipinski definition) is 4. The monoisotopic (exact) mass is 503 g/mol. The molecule has 5 rings (SSSR count). The van der Waals surface area contributed by atoms with Crippen LogP contribution in [0.4, 0.5) is 0 Å². The molecule has 0 unspecified atom stereocenters. The van der Waals surface area contributed by atoms with Gasteiger partial charge < -0.3 is 5.32 Å². The summed E-state index contributed by atoms with van der Waals surface area (Å²) in [6.07, 6.45) is 5.57. The van der Waals surface area contributed by atoms with Gasteiger partial charge in [0.15, 0.2) is 5.16 Å². The van der Waals surface area contributed by atoms with Gasteiger partial charge in [-0.1, -0.05) is 73.0 Å². The van der Waals surface area contributed by atoms with Crippen molar-refractivity contribution < 1.29 is 4.79 Å². The van der Waals surface area contributed by atoms with Crippen LogP contribution in [0.15, 0.2) is 82.7 Å². The van der Waals surface area contributed by atoms with E-state index in [1.54, 1.807) is 22.8 Å². The van der Waals surface area contributed by atoms with Crippen LogP contribution in [-0.4, -0.2) is 21.5 Å². The van der Waals surface area contributed by atoms with E-state index in [1.165, 1.54) is 18.2 Å². The fourth-order valence-corrected chi connectivity index (χ4v) is 5.67. The van der Waals surface area contributed by atoms with Gasteiger partial charge >= 0.3 is 0 Å². The number of halogens is 1. The van der Waals surface area contributed by atoms with Crippen LogP contribution >= 0.6 is 23.4 Å². The summed E-state index contributed by atoms with van der Waals surface area (Å²) in [5, 5.41) is 4.87. The smallest absolute Gasteiger partial charge is 0.266 e. The molecule has 3 aromatic carbocycles. The van der Waals surface area contributed by atoms with E-state index < -0.39 is 0 Å². The number of benzene rings is 3. The zero-order chi connectivity index (χ0) is 24.2. The number of thioether (sulfide) groups is 1. The molecule has 4 aromatic rings. The molecule has 1 aliphatic rings. The number of carbonyl (C=O) groups is 1. The molecule has 0 spiro atoms. The maximum absolute atomic E-state index is 13.6. The molecule has 5 nitrogen and oxygen atoms in total. The van der Waals surface area contributed by atoms with Crippen molar-refractivity contribution in [1.82, 2.24) is 14.9 Å². The van der Waals surface area contributed by atoms with E-state index >= 15 is 0 Å². The molecule has 1 aromatic heterocycles. The third kappa shape index (κ3) is 5.44. The Hall–Kier alpha value is -3.09. The van der Waals surface area contributed by atoms with Crippen molar-refractivity contribution in [3.05, 3.63) is 99.3 Å². The highest BCUT2D eigenvalue weighted by atomic mass is 35.5. The Balaban J connectivity index is 1.52. The fourth-order valence-electron chi connectivity index (χ4n) is 4.50. The Morgan fingerprint density at radius 3 is 2.57 bits per heavy atom. The summed E-state index contributed by atoms with van der Waals surface area (Å²) in [6.45, 7) is 0. The predicted molar refractivity (Wildman–Crippen MR) is 143 cm³/mol. The number of fused-ring (bicyclic) bond motifs is 1. The lowest BCUT2D eigenvalue weighted by molar-refractivity contribution is 0.0928. The summed E-state index contributed by atoms with van der Waals surface area (Å²) >= 11 is 7.62. The third-order valence-corrected chi connectivity index (χ3v) is 7.56. The van der Waals surface area contributed by atoms with Crippen LogP contribution < -0.4 is 10.9 Å². The second-order valence-electron chi connectivity index (χ2n) is 8.83. The normalized spacial score (nSPS) is 14.2. The van der Waals surface area contributed by atoms with E-state index in [0.29, 0.717) is 32.4 Å². The molecule has 1 fully saturated rings. The first kappa shape index (κ1) is 23.6. The molecule has 1 saturated carbocycles. The zero-order valence-electron chi connectivity index (χ0n) is 19.2. The van der Waals surface area contributed by atoms with Gasteiger partial charge in [-0.05, 0) is 60.9 Å². The van der Waals surface area contributed by atoms with Crippen LogP contribution in [0.5, 0.6) is 0 Å². The topological polar surface area (TPSA) is 64.0 Å². The summed E-state index contributed by atoms with van der Waals surface area (Å²) in [7, 11) is 0. The molecule has 0 bridgehead atoms.